The molecule has 0 radical (unpaired) electrons. The van der Waals surface area contributed by atoms with Crippen molar-refractivity contribution in [3.8, 4) is 5.69 Å². The fourth-order valence-electron chi connectivity index (χ4n) is 5.28. The number of halogens is 2. The smallest absolute Gasteiger partial charge is 0.274 e. The zero-order chi connectivity index (χ0) is 20.0. The van der Waals surface area contributed by atoms with E-state index in [9.17, 15) is 4.79 Å². The van der Waals surface area contributed by atoms with Gasteiger partial charge in [-0.05, 0) is 68.7 Å². The van der Waals surface area contributed by atoms with Gasteiger partial charge in [-0.25, -0.2) is 4.68 Å². The summed E-state index contributed by atoms with van der Waals surface area (Å²) >= 11 is 0. The van der Waals surface area contributed by atoms with E-state index in [1.807, 2.05) is 37.3 Å². The van der Waals surface area contributed by atoms with Crippen molar-refractivity contribution in [2.45, 2.75) is 51.1 Å². The van der Waals surface area contributed by atoms with Crippen LogP contribution >= 0.6 is 24.8 Å². The van der Waals surface area contributed by atoms with Crippen molar-refractivity contribution >= 4 is 41.6 Å². The van der Waals surface area contributed by atoms with Crippen LogP contribution in [0.25, 0.3) is 16.6 Å². The first kappa shape index (κ1) is 23.4. The van der Waals surface area contributed by atoms with E-state index in [2.05, 4.69) is 20.6 Å². The number of fused-ring (bicyclic) bond motifs is 3. The van der Waals surface area contributed by atoms with Gasteiger partial charge in [-0.3, -0.25) is 9.78 Å². The van der Waals surface area contributed by atoms with Gasteiger partial charge >= 0.3 is 0 Å². The fourth-order valence-corrected chi connectivity index (χ4v) is 5.28. The molecule has 0 spiro atoms. The van der Waals surface area contributed by atoms with E-state index in [1.165, 1.54) is 6.42 Å². The van der Waals surface area contributed by atoms with Crippen molar-refractivity contribution in [2.75, 3.05) is 0 Å². The van der Waals surface area contributed by atoms with Gasteiger partial charge in [0.2, 0.25) is 0 Å². The van der Waals surface area contributed by atoms with Crippen molar-refractivity contribution in [3.05, 3.63) is 47.9 Å². The zero-order valence-corrected chi connectivity index (χ0v) is 19.0. The molecule has 0 saturated heterocycles. The summed E-state index contributed by atoms with van der Waals surface area (Å²) in [6.07, 6.45) is 7.28. The summed E-state index contributed by atoms with van der Waals surface area (Å²) in [5, 5.41) is 12.8. The minimum absolute atomic E-state index is 0. The third-order valence-electron chi connectivity index (χ3n) is 6.63. The minimum atomic E-state index is -0.135. The Bertz CT molecular complexity index is 1050. The normalized spacial score (nSPS) is 24.7. The van der Waals surface area contributed by atoms with Crippen LogP contribution in [0.4, 0.5) is 0 Å². The summed E-state index contributed by atoms with van der Waals surface area (Å²) in [7, 11) is 0. The average Bonchev–Trinajstić information content (AvgIpc) is 3.09. The van der Waals surface area contributed by atoms with Crippen LogP contribution in [-0.4, -0.2) is 38.0 Å². The standard InChI is InChI=1S/C22H26N6O.2ClH/c1-13-20(22(29)25-21-14-5-2-6-15(21)12-16(23)11-14)26-27-28(13)19-9-3-8-18-17(19)7-4-10-24-18;;/h3-4,7-10,14-16,21H,2,5-6,11-12,23H2,1H3,(H,25,29);2*1H. The molecule has 3 aromatic rings. The maximum atomic E-state index is 13.1. The van der Waals surface area contributed by atoms with Crippen molar-refractivity contribution < 1.29 is 4.79 Å². The summed E-state index contributed by atoms with van der Waals surface area (Å²) in [5.41, 5.74) is 9.11. The lowest BCUT2D eigenvalue weighted by atomic mass is 9.67. The van der Waals surface area contributed by atoms with Crippen LogP contribution < -0.4 is 11.1 Å². The second-order valence-electron chi connectivity index (χ2n) is 8.46. The molecular weight excluding hydrogens is 435 g/mol. The topological polar surface area (TPSA) is 98.7 Å². The van der Waals surface area contributed by atoms with Gasteiger partial charge in [0.05, 0.1) is 16.9 Å². The van der Waals surface area contributed by atoms with E-state index in [1.54, 1.807) is 10.9 Å². The molecule has 1 aromatic carbocycles. The Morgan fingerprint density at radius 3 is 2.61 bits per heavy atom. The predicted molar refractivity (Wildman–Crippen MR) is 125 cm³/mol. The highest BCUT2D eigenvalue weighted by Gasteiger charge is 2.40. The monoisotopic (exact) mass is 462 g/mol. The SMILES string of the molecule is Cc1c(C(=O)NC2C3CCCC2CC(N)C3)nnn1-c1cccc2ncccc12.Cl.Cl. The maximum absolute atomic E-state index is 13.1. The highest BCUT2D eigenvalue weighted by atomic mass is 35.5. The van der Waals surface area contributed by atoms with E-state index < -0.39 is 0 Å². The van der Waals surface area contributed by atoms with Crippen LogP contribution in [0.3, 0.4) is 0 Å². The number of hydrogen-bond acceptors (Lipinski definition) is 5. The molecule has 2 fully saturated rings. The number of benzene rings is 1. The molecule has 2 saturated carbocycles. The second-order valence-corrected chi connectivity index (χ2v) is 8.46. The number of aromatic nitrogens is 4. The highest BCUT2D eigenvalue weighted by molar-refractivity contribution is 5.94. The van der Waals surface area contributed by atoms with Crippen LogP contribution in [0.1, 0.15) is 48.3 Å². The van der Waals surface area contributed by atoms with Gasteiger partial charge in [-0.1, -0.05) is 17.7 Å². The molecule has 3 N–H and O–H groups in total. The molecule has 2 aliphatic rings. The number of nitrogens with one attached hydrogen (secondary N) is 1. The number of pyridine rings is 1. The lowest BCUT2D eigenvalue weighted by Gasteiger charge is -2.45. The largest absolute Gasteiger partial charge is 0.347 e. The number of hydrogen-bond donors (Lipinski definition) is 2. The molecular formula is C22H28Cl2N6O. The number of nitrogens with two attached hydrogens (primary N) is 1. The van der Waals surface area contributed by atoms with Gasteiger partial charge in [0.1, 0.15) is 0 Å². The quantitative estimate of drug-likeness (QED) is 0.619. The van der Waals surface area contributed by atoms with Crippen LogP contribution in [0, 0.1) is 18.8 Å². The van der Waals surface area contributed by atoms with Crippen molar-refractivity contribution in [1.29, 1.82) is 0 Å². The molecule has 2 heterocycles. The van der Waals surface area contributed by atoms with Gasteiger partial charge in [0.25, 0.3) is 5.91 Å². The fraction of sp³-hybridized carbons (Fsp3) is 0.455. The Hall–Kier alpha value is -2.22. The van der Waals surface area contributed by atoms with Crippen LogP contribution in [0.15, 0.2) is 36.5 Å². The van der Waals surface area contributed by atoms with Crippen LogP contribution in [-0.2, 0) is 0 Å². The van der Waals surface area contributed by atoms with Crippen molar-refractivity contribution in [2.24, 2.45) is 17.6 Å². The van der Waals surface area contributed by atoms with Gasteiger partial charge < -0.3 is 11.1 Å². The summed E-state index contributed by atoms with van der Waals surface area (Å²) in [4.78, 5) is 17.5. The molecule has 2 bridgehead atoms. The number of amides is 1. The first-order valence-corrected chi connectivity index (χ1v) is 10.4. The maximum Gasteiger partial charge on any atom is 0.274 e. The Kier molecular flexibility index (Phi) is 7.19. The number of nitrogens with zero attached hydrogens (tertiary/aromatic N) is 4. The summed E-state index contributed by atoms with van der Waals surface area (Å²) in [6, 6.07) is 10.2. The lowest BCUT2D eigenvalue weighted by molar-refractivity contribution is 0.0751. The van der Waals surface area contributed by atoms with Crippen LogP contribution in [0.5, 0.6) is 0 Å². The highest BCUT2D eigenvalue weighted by Crippen LogP contribution is 2.39. The Labute approximate surface area is 194 Å². The molecule has 31 heavy (non-hydrogen) atoms. The van der Waals surface area contributed by atoms with E-state index >= 15 is 0 Å². The molecule has 2 aromatic heterocycles. The molecule has 2 atom stereocenters. The second kappa shape index (κ2) is 9.51. The molecule has 7 nitrogen and oxygen atoms in total. The van der Waals surface area contributed by atoms with Gasteiger partial charge in [0, 0.05) is 23.7 Å². The Balaban J connectivity index is 0.00000136. The third kappa shape index (κ3) is 4.27. The molecule has 5 rings (SSSR count). The minimum Gasteiger partial charge on any atom is -0.347 e. The van der Waals surface area contributed by atoms with Gasteiger partial charge in [-0.15, -0.1) is 29.9 Å². The van der Waals surface area contributed by atoms with Crippen LogP contribution in [0.2, 0.25) is 0 Å². The number of carbonyl (C=O) groups is 1. The first-order chi connectivity index (χ1) is 14.1. The average molecular weight is 463 g/mol. The van der Waals surface area contributed by atoms with E-state index in [-0.39, 0.29) is 42.8 Å². The Morgan fingerprint density at radius 1 is 1.13 bits per heavy atom. The van der Waals surface area contributed by atoms with E-state index in [4.69, 9.17) is 5.73 Å². The molecule has 166 valence electrons. The van der Waals surface area contributed by atoms with Crippen molar-refractivity contribution in [3.63, 3.8) is 0 Å². The van der Waals surface area contributed by atoms with Gasteiger partial charge in [-0.2, -0.15) is 0 Å². The summed E-state index contributed by atoms with van der Waals surface area (Å²) in [5.74, 6) is 0.811. The van der Waals surface area contributed by atoms with Crippen molar-refractivity contribution in [1.82, 2.24) is 25.3 Å². The Morgan fingerprint density at radius 2 is 1.87 bits per heavy atom. The zero-order valence-electron chi connectivity index (χ0n) is 17.4. The number of carbonyl (C=O) groups excluding carboxylic acids is 1. The summed E-state index contributed by atoms with van der Waals surface area (Å²) in [6.45, 7) is 1.89. The lowest BCUT2D eigenvalue weighted by Crippen LogP contribution is -2.53. The third-order valence-corrected chi connectivity index (χ3v) is 6.63. The van der Waals surface area contributed by atoms with Gasteiger partial charge in [0.15, 0.2) is 5.69 Å². The predicted octanol–water partition coefficient (Wildman–Crippen LogP) is 3.60. The van der Waals surface area contributed by atoms with E-state index in [0.717, 1.165) is 48.0 Å². The summed E-state index contributed by atoms with van der Waals surface area (Å²) < 4.78 is 1.73. The number of rotatable bonds is 3. The van der Waals surface area contributed by atoms with E-state index in [0.29, 0.717) is 17.5 Å². The molecule has 1 amide bonds. The molecule has 2 aliphatic carbocycles. The molecule has 2 unspecified atom stereocenters. The molecule has 0 aliphatic heterocycles. The molecule has 9 heteroatoms. The first-order valence-electron chi connectivity index (χ1n) is 10.4.